The molecule has 8 heteroatoms. The van der Waals surface area contributed by atoms with Gasteiger partial charge in [-0.15, -0.1) is 0 Å². The van der Waals surface area contributed by atoms with E-state index in [0.717, 1.165) is 6.54 Å². The summed E-state index contributed by atoms with van der Waals surface area (Å²) in [6.45, 7) is 2.29. The van der Waals surface area contributed by atoms with E-state index in [4.69, 9.17) is 9.84 Å². The zero-order chi connectivity index (χ0) is 13.6. The number of rotatable bonds is 7. The third-order valence-electron chi connectivity index (χ3n) is 2.73. The summed E-state index contributed by atoms with van der Waals surface area (Å²) in [5, 5.41) is 11.6. The number of carboxylic acid groups (broad SMARTS) is 1. The first kappa shape index (κ1) is 15.4. The Labute approximate surface area is 107 Å². The first-order chi connectivity index (χ1) is 8.42. The van der Waals surface area contributed by atoms with Crippen LogP contribution in [0.25, 0.3) is 0 Å². The number of ether oxygens (including phenoxy) is 1. The van der Waals surface area contributed by atoms with Crippen LogP contribution in [0.5, 0.6) is 0 Å². The fourth-order valence-electron chi connectivity index (χ4n) is 1.70. The molecule has 0 radical (unpaired) electrons. The first-order valence-electron chi connectivity index (χ1n) is 5.90. The summed E-state index contributed by atoms with van der Waals surface area (Å²) < 4.78 is 30.4. The zero-order valence-corrected chi connectivity index (χ0v) is 11.3. The number of morpholine rings is 1. The number of aliphatic carboxylic acids is 1. The molecule has 1 heterocycles. The quantitative estimate of drug-likeness (QED) is 0.627. The van der Waals surface area contributed by atoms with Crippen molar-refractivity contribution in [3.8, 4) is 0 Å². The van der Waals surface area contributed by atoms with E-state index in [2.05, 4.69) is 5.32 Å². The van der Waals surface area contributed by atoms with Crippen LogP contribution in [0.4, 0.5) is 0 Å². The summed E-state index contributed by atoms with van der Waals surface area (Å²) in [5.41, 5.74) is 0. The van der Waals surface area contributed by atoms with Crippen LogP contribution in [0.3, 0.4) is 0 Å². The minimum atomic E-state index is -3.39. The van der Waals surface area contributed by atoms with Gasteiger partial charge in [-0.2, -0.15) is 0 Å². The van der Waals surface area contributed by atoms with Gasteiger partial charge in [-0.1, -0.05) is 0 Å². The third-order valence-corrected chi connectivity index (χ3v) is 4.64. The van der Waals surface area contributed by atoms with Gasteiger partial charge in [0.2, 0.25) is 10.0 Å². The monoisotopic (exact) mass is 280 g/mol. The fraction of sp³-hybridized carbons (Fsp3) is 0.900. The Morgan fingerprint density at radius 1 is 1.56 bits per heavy atom. The van der Waals surface area contributed by atoms with E-state index >= 15 is 0 Å². The van der Waals surface area contributed by atoms with E-state index in [9.17, 15) is 13.2 Å². The lowest BCUT2D eigenvalue weighted by Crippen LogP contribution is -2.46. The molecule has 0 spiro atoms. The van der Waals surface area contributed by atoms with Gasteiger partial charge in [-0.05, 0) is 6.42 Å². The Hall–Kier alpha value is -0.700. The van der Waals surface area contributed by atoms with Gasteiger partial charge >= 0.3 is 5.97 Å². The highest BCUT2D eigenvalue weighted by molar-refractivity contribution is 7.89. The molecular weight excluding hydrogens is 260 g/mol. The molecule has 0 amide bonds. The second-order valence-electron chi connectivity index (χ2n) is 4.29. The van der Waals surface area contributed by atoms with Gasteiger partial charge in [0.05, 0.1) is 18.5 Å². The molecule has 1 aliphatic rings. The third kappa shape index (κ3) is 5.30. The molecule has 1 aliphatic heterocycles. The summed E-state index contributed by atoms with van der Waals surface area (Å²) in [6.07, 6.45) is -0.140. The number of sulfonamides is 1. The molecule has 1 unspecified atom stereocenters. The predicted molar refractivity (Wildman–Crippen MR) is 65.9 cm³/mol. The van der Waals surface area contributed by atoms with Crippen molar-refractivity contribution in [2.75, 3.05) is 39.0 Å². The second-order valence-corrected chi connectivity index (χ2v) is 6.49. The lowest BCUT2D eigenvalue weighted by molar-refractivity contribution is -0.137. The number of likely N-dealkylation sites (N-methyl/N-ethyl adjacent to an activating group) is 1. The molecule has 1 rings (SSSR count). The molecule has 7 nitrogen and oxygen atoms in total. The molecule has 2 N–H and O–H groups in total. The average molecular weight is 280 g/mol. The summed E-state index contributed by atoms with van der Waals surface area (Å²) in [5.74, 6) is -1.12. The van der Waals surface area contributed by atoms with Crippen molar-refractivity contribution < 1.29 is 23.1 Å². The smallest absolute Gasteiger partial charge is 0.303 e. The maximum atomic E-state index is 11.8. The Morgan fingerprint density at radius 2 is 2.28 bits per heavy atom. The van der Waals surface area contributed by atoms with Gasteiger partial charge in [0, 0.05) is 33.1 Å². The van der Waals surface area contributed by atoms with E-state index in [-0.39, 0.29) is 24.7 Å². The van der Waals surface area contributed by atoms with Crippen molar-refractivity contribution in [3.63, 3.8) is 0 Å². The lowest BCUT2D eigenvalue weighted by Gasteiger charge is -2.27. The Bertz CT molecular complexity index is 364. The number of carbonyl (C=O) groups is 1. The van der Waals surface area contributed by atoms with Crippen LogP contribution in [-0.2, 0) is 19.6 Å². The van der Waals surface area contributed by atoms with Gasteiger partial charge < -0.3 is 15.2 Å². The Kier molecular flexibility index (Phi) is 6.00. The second kappa shape index (κ2) is 7.03. The van der Waals surface area contributed by atoms with Gasteiger partial charge in [-0.3, -0.25) is 4.79 Å². The van der Waals surface area contributed by atoms with Crippen LogP contribution in [0.1, 0.15) is 12.8 Å². The maximum absolute atomic E-state index is 11.8. The molecule has 0 bridgehead atoms. The van der Waals surface area contributed by atoms with Crippen molar-refractivity contribution in [1.82, 2.24) is 9.62 Å². The van der Waals surface area contributed by atoms with Crippen molar-refractivity contribution >= 4 is 16.0 Å². The minimum absolute atomic E-state index is 0.130. The molecule has 0 aromatic carbocycles. The highest BCUT2D eigenvalue weighted by atomic mass is 32.2. The van der Waals surface area contributed by atoms with Crippen LogP contribution >= 0.6 is 0 Å². The maximum Gasteiger partial charge on any atom is 0.303 e. The number of hydrogen-bond donors (Lipinski definition) is 2. The molecule has 0 aromatic heterocycles. The van der Waals surface area contributed by atoms with Crippen molar-refractivity contribution in [2.24, 2.45) is 0 Å². The number of hydrogen-bond acceptors (Lipinski definition) is 5. The van der Waals surface area contributed by atoms with Crippen LogP contribution in [0.2, 0.25) is 0 Å². The SMILES string of the molecule is CN(CC1CNCCO1)S(=O)(=O)CCCC(=O)O. The van der Waals surface area contributed by atoms with Gasteiger partial charge in [0.1, 0.15) is 0 Å². The van der Waals surface area contributed by atoms with Crippen LogP contribution in [0, 0.1) is 0 Å². The van der Waals surface area contributed by atoms with Crippen molar-refractivity contribution in [3.05, 3.63) is 0 Å². The van der Waals surface area contributed by atoms with Gasteiger partial charge in [0.15, 0.2) is 0 Å². The topological polar surface area (TPSA) is 95.9 Å². The zero-order valence-electron chi connectivity index (χ0n) is 10.5. The molecule has 106 valence electrons. The van der Waals surface area contributed by atoms with E-state index in [1.807, 2.05) is 0 Å². The van der Waals surface area contributed by atoms with Crippen LogP contribution in [-0.4, -0.2) is 68.9 Å². The average Bonchev–Trinajstić information content (AvgIpc) is 2.29. The number of nitrogens with one attached hydrogen (secondary N) is 1. The molecule has 0 aromatic rings. The summed E-state index contributed by atoms with van der Waals surface area (Å²) in [4.78, 5) is 10.3. The van der Waals surface area contributed by atoms with E-state index in [0.29, 0.717) is 19.7 Å². The molecule has 1 saturated heterocycles. The molecule has 18 heavy (non-hydrogen) atoms. The largest absolute Gasteiger partial charge is 0.481 e. The molecule has 0 saturated carbocycles. The standard InChI is InChI=1S/C10H20N2O5S/c1-12(8-9-7-11-4-5-17-9)18(15,16)6-2-3-10(13)14/h9,11H,2-8H2,1H3,(H,13,14). The fourth-order valence-corrected chi connectivity index (χ4v) is 2.91. The molecule has 1 fully saturated rings. The normalized spacial score (nSPS) is 21.1. The Morgan fingerprint density at radius 3 is 2.83 bits per heavy atom. The summed E-state index contributed by atoms with van der Waals surface area (Å²) in [7, 11) is -1.90. The Balaban J connectivity index is 2.37. The van der Waals surface area contributed by atoms with Crippen molar-refractivity contribution in [2.45, 2.75) is 18.9 Å². The van der Waals surface area contributed by atoms with Gasteiger partial charge in [-0.25, -0.2) is 12.7 Å². The van der Waals surface area contributed by atoms with Gasteiger partial charge in [0.25, 0.3) is 0 Å². The van der Waals surface area contributed by atoms with Crippen LogP contribution in [0.15, 0.2) is 0 Å². The minimum Gasteiger partial charge on any atom is -0.481 e. The van der Waals surface area contributed by atoms with E-state index in [1.165, 1.54) is 11.4 Å². The lowest BCUT2D eigenvalue weighted by atomic mass is 10.3. The summed E-state index contributed by atoms with van der Waals surface area (Å²) in [6, 6.07) is 0. The highest BCUT2D eigenvalue weighted by Gasteiger charge is 2.23. The first-order valence-corrected chi connectivity index (χ1v) is 7.51. The molecule has 1 atom stereocenters. The number of nitrogens with zero attached hydrogens (tertiary/aromatic N) is 1. The van der Waals surface area contributed by atoms with Crippen molar-refractivity contribution in [1.29, 1.82) is 0 Å². The van der Waals surface area contributed by atoms with Crippen LogP contribution < -0.4 is 5.32 Å². The number of carboxylic acids is 1. The van der Waals surface area contributed by atoms with E-state index in [1.54, 1.807) is 0 Å². The predicted octanol–water partition coefficient (Wildman–Crippen LogP) is -0.899. The van der Waals surface area contributed by atoms with E-state index < -0.39 is 16.0 Å². The molecule has 0 aliphatic carbocycles. The highest BCUT2D eigenvalue weighted by Crippen LogP contribution is 2.06. The summed E-state index contributed by atoms with van der Waals surface area (Å²) >= 11 is 0. The molecular formula is C10H20N2O5S.